The molecule has 5 rings (SSSR count). The van der Waals surface area contributed by atoms with Gasteiger partial charge in [0.1, 0.15) is 10.6 Å². The summed E-state index contributed by atoms with van der Waals surface area (Å²) in [5.74, 6) is 1.24. The van der Waals surface area contributed by atoms with E-state index in [-0.39, 0.29) is 23.6 Å². The normalized spacial score (nSPS) is 18.2. The van der Waals surface area contributed by atoms with Crippen molar-refractivity contribution >= 4 is 39.8 Å². The molecule has 37 heavy (non-hydrogen) atoms. The minimum absolute atomic E-state index is 0.139. The highest BCUT2D eigenvalue weighted by Crippen LogP contribution is 2.30. The molecule has 1 atom stereocenters. The summed E-state index contributed by atoms with van der Waals surface area (Å²) in [5.41, 5.74) is 2.10. The molecule has 196 valence electrons. The fraction of sp³-hybridized carbons (Fsp3) is 0.462. The smallest absolute Gasteiger partial charge is 0.267 e. The maximum Gasteiger partial charge on any atom is 0.267 e. The third kappa shape index (κ3) is 5.78. The van der Waals surface area contributed by atoms with Gasteiger partial charge in [-0.05, 0) is 63.7 Å². The molecule has 2 aromatic heterocycles. The van der Waals surface area contributed by atoms with Crippen LogP contribution >= 0.6 is 11.3 Å². The predicted octanol–water partition coefficient (Wildman–Crippen LogP) is 3.82. The first kappa shape index (κ1) is 25.2. The number of aromatic nitrogens is 3. The molecule has 0 unspecified atom stereocenters. The Morgan fingerprint density at radius 2 is 2.00 bits per heavy atom. The van der Waals surface area contributed by atoms with Gasteiger partial charge < -0.3 is 26.0 Å². The third-order valence-corrected chi connectivity index (χ3v) is 8.18. The Balaban J connectivity index is 1.16. The summed E-state index contributed by atoms with van der Waals surface area (Å²) in [6, 6.07) is 5.41. The molecule has 2 amide bonds. The lowest BCUT2D eigenvalue weighted by atomic mass is 9.94. The molecular weight excluding hydrogens is 490 g/mol. The number of likely N-dealkylation sites (tertiary alicyclic amines) is 1. The molecule has 0 radical (unpaired) electrons. The molecule has 4 N–H and O–H groups in total. The van der Waals surface area contributed by atoms with Gasteiger partial charge in [-0.15, -0.1) is 0 Å². The number of hydrogen-bond acceptors (Lipinski definition) is 8. The molecule has 10 nitrogen and oxygen atoms in total. The number of carbonyl (C=O) groups is 2. The number of phenols is 1. The maximum absolute atomic E-state index is 12.8. The van der Waals surface area contributed by atoms with Crippen molar-refractivity contribution in [1.82, 2.24) is 25.0 Å². The van der Waals surface area contributed by atoms with Gasteiger partial charge >= 0.3 is 0 Å². The van der Waals surface area contributed by atoms with Gasteiger partial charge in [-0.2, -0.15) is 5.10 Å². The first-order chi connectivity index (χ1) is 17.9. The van der Waals surface area contributed by atoms with E-state index in [1.807, 2.05) is 28.8 Å². The van der Waals surface area contributed by atoms with Crippen LogP contribution in [0.1, 0.15) is 52.5 Å². The molecule has 4 heterocycles. The molecule has 0 saturated carbocycles. The van der Waals surface area contributed by atoms with Crippen molar-refractivity contribution in [3.63, 3.8) is 0 Å². The van der Waals surface area contributed by atoms with Crippen molar-refractivity contribution in [2.75, 3.05) is 36.8 Å². The molecule has 2 aliphatic heterocycles. The van der Waals surface area contributed by atoms with E-state index in [2.05, 4.69) is 26.0 Å². The van der Waals surface area contributed by atoms with Crippen LogP contribution in [-0.2, 0) is 4.79 Å². The van der Waals surface area contributed by atoms with E-state index < -0.39 is 0 Å². The van der Waals surface area contributed by atoms with Gasteiger partial charge in [0.15, 0.2) is 10.9 Å². The molecule has 3 aromatic rings. The van der Waals surface area contributed by atoms with Gasteiger partial charge in [-0.3, -0.25) is 14.3 Å². The van der Waals surface area contributed by atoms with Gasteiger partial charge in [0.2, 0.25) is 5.91 Å². The lowest BCUT2D eigenvalue weighted by Gasteiger charge is -2.24. The molecule has 2 saturated heterocycles. The fourth-order valence-electron chi connectivity index (χ4n) is 5.00. The Labute approximate surface area is 220 Å². The second-order valence-corrected chi connectivity index (χ2v) is 10.9. The van der Waals surface area contributed by atoms with Crippen LogP contribution in [0.5, 0.6) is 5.75 Å². The van der Waals surface area contributed by atoms with Gasteiger partial charge in [0.25, 0.3) is 5.91 Å². The van der Waals surface area contributed by atoms with Crippen molar-refractivity contribution in [1.29, 1.82) is 0 Å². The molecule has 2 fully saturated rings. The van der Waals surface area contributed by atoms with Crippen molar-refractivity contribution in [3.05, 3.63) is 46.6 Å². The zero-order chi connectivity index (χ0) is 25.9. The van der Waals surface area contributed by atoms with Crippen LogP contribution in [0.25, 0.3) is 0 Å². The van der Waals surface area contributed by atoms with E-state index in [0.717, 1.165) is 44.5 Å². The summed E-state index contributed by atoms with van der Waals surface area (Å²) in [7, 11) is 0. The summed E-state index contributed by atoms with van der Waals surface area (Å²) in [6.45, 7) is 7.10. The lowest BCUT2D eigenvalue weighted by Crippen LogP contribution is -2.34. The monoisotopic (exact) mass is 523 g/mol. The minimum atomic E-state index is -0.284. The topological polar surface area (TPSA) is 124 Å². The van der Waals surface area contributed by atoms with Crippen LogP contribution in [0.3, 0.4) is 0 Å². The minimum Gasteiger partial charge on any atom is -0.508 e. The van der Waals surface area contributed by atoms with E-state index in [0.29, 0.717) is 46.0 Å². The zero-order valence-corrected chi connectivity index (χ0v) is 22.0. The van der Waals surface area contributed by atoms with Crippen molar-refractivity contribution in [2.24, 2.45) is 5.92 Å². The predicted molar refractivity (Wildman–Crippen MR) is 144 cm³/mol. The standard InChI is InChI=1S/C26H33N7O3S/c1-16-3-4-20(34)17(2)24(16)30-25(36)21-14-28-26(37-21)29-22-8-12-33(31-22)19-7-11-32(15-19)23(35)13-18-5-9-27-10-6-18/h3-4,8,12,14,18-19,27,34H,5-7,9-11,13,15H2,1-2H3,(H,30,36)(H,28,29,31)/t19-/m1/s1. The number of hydrogen-bond donors (Lipinski definition) is 4. The van der Waals surface area contributed by atoms with Crippen LogP contribution in [0.2, 0.25) is 0 Å². The number of piperidine rings is 1. The van der Waals surface area contributed by atoms with Crippen LogP contribution in [0.15, 0.2) is 30.6 Å². The Morgan fingerprint density at radius 3 is 2.81 bits per heavy atom. The van der Waals surface area contributed by atoms with E-state index >= 15 is 0 Å². The van der Waals surface area contributed by atoms with E-state index in [1.54, 1.807) is 19.1 Å². The summed E-state index contributed by atoms with van der Waals surface area (Å²) in [4.78, 5) is 32.3. The second-order valence-electron chi connectivity index (χ2n) is 9.87. The van der Waals surface area contributed by atoms with Crippen molar-refractivity contribution < 1.29 is 14.7 Å². The second kappa shape index (κ2) is 10.9. The van der Waals surface area contributed by atoms with E-state index in [4.69, 9.17) is 0 Å². The molecule has 0 aliphatic carbocycles. The van der Waals surface area contributed by atoms with Crippen LogP contribution in [-0.4, -0.2) is 62.8 Å². The van der Waals surface area contributed by atoms with Gasteiger partial charge in [0.05, 0.1) is 17.9 Å². The molecule has 1 aromatic carbocycles. The number of aromatic hydroxyl groups is 1. The number of thiazole rings is 1. The molecular formula is C26H33N7O3S. The number of anilines is 3. The lowest BCUT2D eigenvalue weighted by molar-refractivity contribution is -0.131. The highest BCUT2D eigenvalue weighted by atomic mass is 32.1. The van der Waals surface area contributed by atoms with Gasteiger partial charge in [-0.1, -0.05) is 17.4 Å². The Hall–Kier alpha value is -3.44. The Kier molecular flexibility index (Phi) is 7.43. The number of nitrogens with zero attached hydrogens (tertiary/aromatic N) is 4. The SMILES string of the molecule is Cc1ccc(O)c(C)c1NC(=O)c1cnc(Nc2ccn([C@@H]3CCN(C(=O)CC4CCNCC4)C3)n2)s1. The Bertz CT molecular complexity index is 1280. The largest absolute Gasteiger partial charge is 0.508 e. The number of nitrogens with one attached hydrogen (secondary N) is 3. The van der Waals surface area contributed by atoms with E-state index in [1.165, 1.54) is 17.5 Å². The highest BCUT2D eigenvalue weighted by Gasteiger charge is 2.29. The first-order valence-electron chi connectivity index (χ1n) is 12.7. The summed E-state index contributed by atoms with van der Waals surface area (Å²) < 4.78 is 1.91. The summed E-state index contributed by atoms with van der Waals surface area (Å²) >= 11 is 1.23. The van der Waals surface area contributed by atoms with Crippen LogP contribution in [0, 0.1) is 19.8 Å². The summed E-state index contributed by atoms with van der Waals surface area (Å²) in [5, 5.41) is 24.6. The summed E-state index contributed by atoms with van der Waals surface area (Å²) in [6.07, 6.45) is 7.12. The Morgan fingerprint density at radius 1 is 1.19 bits per heavy atom. The number of aryl methyl sites for hydroxylation is 1. The third-order valence-electron chi connectivity index (χ3n) is 7.27. The average Bonchev–Trinajstić information content (AvgIpc) is 3.66. The van der Waals surface area contributed by atoms with Crippen molar-refractivity contribution in [3.8, 4) is 5.75 Å². The molecule has 2 aliphatic rings. The maximum atomic E-state index is 12.8. The zero-order valence-electron chi connectivity index (χ0n) is 21.2. The van der Waals surface area contributed by atoms with E-state index in [9.17, 15) is 14.7 Å². The van der Waals surface area contributed by atoms with Crippen LogP contribution < -0.4 is 16.0 Å². The molecule has 11 heteroatoms. The van der Waals surface area contributed by atoms with Gasteiger partial charge in [-0.25, -0.2) is 4.98 Å². The number of phenolic OH excluding ortho intramolecular Hbond substituents is 1. The fourth-order valence-corrected chi connectivity index (χ4v) is 5.72. The number of benzene rings is 1. The number of carbonyl (C=O) groups excluding carboxylic acids is 2. The first-order valence-corrected chi connectivity index (χ1v) is 13.6. The van der Waals surface area contributed by atoms with Crippen LogP contribution in [0.4, 0.5) is 16.6 Å². The highest BCUT2D eigenvalue weighted by molar-refractivity contribution is 7.17. The average molecular weight is 524 g/mol. The van der Waals surface area contributed by atoms with Crippen molar-refractivity contribution in [2.45, 2.75) is 45.6 Å². The van der Waals surface area contributed by atoms with Gasteiger partial charge in [0, 0.05) is 37.3 Å². The number of rotatable bonds is 7. The molecule has 0 bridgehead atoms. The molecule has 0 spiro atoms. The quantitative estimate of drug-likeness (QED) is 0.371. The number of amides is 2.